The highest BCUT2D eigenvalue weighted by Crippen LogP contribution is 2.21. The van der Waals surface area contributed by atoms with E-state index in [1.54, 1.807) is 0 Å². The van der Waals surface area contributed by atoms with E-state index in [4.69, 9.17) is 4.74 Å². The van der Waals surface area contributed by atoms with Crippen molar-refractivity contribution in [2.45, 2.75) is 19.4 Å². The molecule has 0 spiro atoms. The van der Waals surface area contributed by atoms with Crippen molar-refractivity contribution in [3.63, 3.8) is 0 Å². The molecule has 0 aliphatic heterocycles. The highest BCUT2D eigenvalue weighted by molar-refractivity contribution is 5.69. The molecular weight excluding hydrogens is 266 g/mol. The number of methoxy groups -OCH3 is 1. The van der Waals surface area contributed by atoms with Crippen molar-refractivity contribution in [1.29, 1.82) is 0 Å². The predicted octanol–water partition coefficient (Wildman–Crippen LogP) is 3.76. The lowest BCUT2D eigenvalue weighted by molar-refractivity contribution is -0.142. The normalized spacial score (nSPS) is 11.5. The number of anilines is 2. The van der Waals surface area contributed by atoms with Crippen LogP contribution < -0.4 is 10.1 Å². The van der Waals surface area contributed by atoms with E-state index in [1.807, 2.05) is 61.5 Å². The van der Waals surface area contributed by atoms with Crippen LogP contribution in [0, 0.1) is 0 Å². The van der Waals surface area contributed by atoms with Crippen molar-refractivity contribution >= 4 is 17.3 Å². The zero-order valence-electron chi connectivity index (χ0n) is 12.2. The summed E-state index contributed by atoms with van der Waals surface area (Å²) in [6.07, 6.45) is 0.0194. The Kier molecular flexibility index (Phi) is 5.21. The first-order chi connectivity index (χ1) is 10.2. The summed E-state index contributed by atoms with van der Waals surface area (Å²) in [5.41, 5.74) is 2.01. The van der Waals surface area contributed by atoms with Gasteiger partial charge in [0.05, 0.1) is 13.5 Å². The Morgan fingerprint density at radius 3 is 2.29 bits per heavy atom. The lowest BCUT2D eigenvalue weighted by Crippen LogP contribution is -2.17. The molecule has 110 valence electrons. The molecule has 4 nitrogen and oxygen atoms in total. The van der Waals surface area contributed by atoms with Crippen molar-refractivity contribution in [3.05, 3.63) is 54.6 Å². The van der Waals surface area contributed by atoms with E-state index in [1.165, 1.54) is 7.11 Å². The van der Waals surface area contributed by atoms with Gasteiger partial charge in [-0.2, -0.15) is 0 Å². The minimum atomic E-state index is -0.273. The maximum absolute atomic E-state index is 11.2. The number of carbonyl (C=O) groups excluding carboxylic acids is 1. The number of ether oxygens (including phenoxy) is 2. The first kappa shape index (κ1) is 14.9. The average molecular weight is 285 g/mol. The molecule has 4 heteroatoms. The first-order valence-electron chi connectivity index (χ1n) is 6.83. The van der Waals surface area contributed by atoms with Crippen LogP contribution in [0.15, 0.2) is 54.6 Å². The molecule has 1 N–H and O–H groups in total. The lowest BCUT2D eigenvalue weighted by atomic mass is 10.2. The van der Waals surface area contributed by atoms with Crippen LogP contribution in [-0.2, 0) is 9.53 Å². The zero-order chi connectivity index (χ0) is 15.1. The van der Waals surface area contributed by atoms with Gasteiger partial charge in [0.15, 0.2) is 0 Å². The monoisotopic (exact) mass is 285 g/mol. The minimum absolute atomic E-state index is 0.217. The third kappa shape index (κ3) is 4.84. The third-order valence-corrected chi connectivity index (χ3v) is 2.94. The largest absolute Gasteiger partial charge is 0.490 e. The van der Waals surface area contributed by atoms with Crippen LogP contribution in [0.5, 0.6) is 5.75 Å². The van der Waals surface area contributed by atoms with Crippen LogP contribution in [0.1, 0.15) is 13.3 Å². The number of para-hydroxylation sites is 1. The molecule has 0 heterocycles. The van der Waals surface area contributed by atoms with Crippen molar-refractivity contribution in [2.24, 2.45) is 0 Å². The Morgan fingerprint density at radius 1 is 1.05 bits per heavy atom. The topological polar surface area (TPSA) is 47.6 Å². The quantitative estimate of drug-likeness (QED) is 0.821. The number of nitrogens with one attached hydrogen (secondary N) is 1. The van der Waals surface area contributed by atoms with Crippen molar-refractivity contribution in [3.8, 4) is 5.75 Å². The van der Waals surface area contributed by atoms with Gasteiger partial charge in [-0.3, -0.25) is 4.79 Å². The zero-order valence-corrected chi connectivity index (χ0v) is 12.2. The Hall–Kier alpha value is -2.49. The van der Waals surface area contributed by atoms with Gasteiger partial charge >= 0.3 is 5.97 Å². The second kappa shape index (κ2) is 7.33. The SMILES string of the molecule is COC(=O)CC(C)Oc1ccc(Nc2ccccc2)cc1. The molecule has 1 unspecified atom stereocenters. The Labute approximate surface area is 124 Å². The van der Waals surface area contributed by atoms with Crippen LogP contribution >= 0.6 is 0 Å². The number of hydrogen-bond acceptors (Lipinski definition) is 4. The molecule has 2 aromatic carbocycles. The highest BCUT2D eigenvalue weighted by atomic mass is 16.5. The van der Waals surface area contributed by atoms with Gasteiger partial charge in [-0.15, -0.1) is 0 Å². The van der Waals surface area contributed by atoms with Gasteiger partial charge in [-0.25, -0.2) is 0 Å². The number of carbonyl (C=O) groups is 1. The summed E-state index contributed by atoms with van der Waals surface area (Å²) in [7, 11) is 1.37. The van der Waals surface area contributed by atoms with Crippen molar-refractivity contribution in [1.82, 2.24) is 0 Å². The number of benzene rings is 2. The molecule has 0 saturated heterocycles. The second-order valence-corrected chi connectivity index (χ2v) is 4.72. The molecule has 0 amide bonds. The van der Waals surface area contributed by atoms with Crippen LogP contribution in [0.3, 0.4) is 0 Å². The summed E-state index contributed by atoms with van der Waals surface area (Å²) >= 11 is 0. The molecule has 2 rings (SSSR count). The minimum Gasteiger partial charge on any atom is -0.490 e. The molecular formula is C17H19NO3. The molecule has 0 bridgehead atoms. The molecule has 21 heavy (non-hydrogen) atoms. The Balaban J connectivity index is 1.91. The summed E-state index contributed by atoms with van der Waals surface area (Å²) in [6, 6.07) is 17.6. The number of esters is 1. The van der Waals surface area contributed by atoms with Crippen molar-refractivity contribution < 1.29 is 14.3 Å². The maximum Gasteiger partial charge on any atom is 0.309 e. The lowest BCUT2D eigenvalue weighted by Gasteiger charge is -2.14. The Morgan fingerprint density at radius 2 is 1.67 bits per heavy atom. The number of rotatable bonds is 6. The van der Waals surface area contributed by atoms with E-state index in [-0.39, 0.29) is 18.5 Å². The van der Waals surface area contributed by atoms with Crippen LogP contribution in [0.2, 0.25) is 0 Å². The summed E-state index contributed by atoms with van der Waals surface area (Å²) in [5, 5.41) is 3.30. The molecule has 0 radical (unpaired) electrons. The van der Waals surface area contributed by atoms with Gasteiger partial charge in [0.25, 0.3) is 0 Å². The first-order valence-corrected chi connectivity index (χ1v) is 6.83. The van der Waals surface area contributed by atoms with Gasteiger partial charge in [0, 0.05) is 11.4 Å². The summed E-state index contributed by atoms with van der Waals surface area (Å²) in [4.78, 5) is 11.2. The fourth-order valence-corrected chi connectivity index (χ4v) is 1.90. The van der Waals surface area contributed by atoms with E-state index in [9.17, 15) is 4.79 Å². The van der Waals surface area contributed by atoms with Crippen LogP contribution in [0.4, 0.5) is 11.4 Å². The van der Waals surface area contributed by atoms with E-state index >= 15 is 0 Å². The van der Waals surface area contributed by atoms with E-state index in [0.717, 1.165) is 17.1 Å². The van der Waals surface area contributed by atoms with E-state index in [0.29, 0.717) is 0 Å². The van der Waals surface area contributed by atoms with E-state index in [2.05, 4.69) is 10.1 Å². The van der Waals surface area contributed by atoms with Gasteiger partial charge < -0.3 is 14.8 Å². The smallest absolute Gasteiger partial charge is 0.309 e. The highest BCUT2D eigenvalue weighted by Gasteiger charge is 2.10. The van der Waals surface area contributed by atoms with Crippen LogP contribution in [0.25, 0.3) is 0 Å². The molecule has 0 saturated carbocycles. The molecule has 0 aliphatic carbocycles. The maximum atomic E-state index is 11.2. The van der Waals surface area contributed by atoms with Crippen LogP contribution in [-0.4, -0.2) is 19.2 Å². The molecule has 2 aromatic rings. The molecule has 0 aromatic heterocycles. The average Bonchev–Trinajstić information content (AvgIpc) is 2.50. The fraction of sp³-hybridized carbons (Fsp3) is 0.235. The molecule has 0 fully saturated rings. The standard InChI is InChI=1S/C17H19NO3/c1-13(12-17(19)20-2)21-16-10-8-15(9-11-16)18-14-6-4-3-5-7-14/h3-11,13,18H,12H2,1-2H3. The van der Waals surface area contributed by atoms with E-state index < -0.39 is 0 Å². The second-order valence-electron chi connectivity index (χ2n) is 4.72. The Bertz CT molecular complexity index is 566. The summed E-state index contributed by atoms with van der Waals surface area (Å²) in [6.45, 7) is 1.84. The predicted molar refractivity (Wildman–Crippen MR) is 82.9 cm³/mol. The summed E-state index contributed by atoms with van der Waals surface area (Å²) < 4.78 is 10.3. The molecule has 1 atom stereocenters. The molecule has 0 aliphatic rings. The number of hydrogen-bond donors (Lipinski definition) is 1. The fourth-order valence-electron chi connectivity index (χ4n) is 1.90. The van der Waals surface area contributed by atoms with Crippen molar-refractivity contribution in [2.75, 3.05) is 12.4 Å². The van der Waals surface area contributed by atoms with Gasteiger partial charge in [-0.1, -0.05) is 18.2 Å². The van der Waals surface area contributed by atoms with Gasteiger partial charge in [0.1, 0.15) is 11.9 Å². The van der Waals surface area contributed by atoms with Gasteiger partial charge in [0.2, 0.25) is 0 Å². The van der Waals surface area contributed by atoms with Gasteiger partial charge in [-0.05, 0) is 43.3 Å². The summed E-state index contributed by atoms with van der Waals surface area (Å²) in [5.74, 6) is 0.454. The third-order valence-electron chi connectivity index (χ3n) is 2.94.